The standard InChI is InChI=1S/3CHF3O3S.Cu/c3*2-1(3,4)8(5,6)7;/h3*(H,5,6,7);/p-3. The van der Waals surface area contributed by atoms with E-state index in [-0.39, 0.29) is 17.1 Å². The maximum Gasteiger partial charge on any atom is 0.485 e. The van der Waals surface area contributed by atoms with Crippen LogP contribution < -0.4 is 0 Å². The number of hydrogen-bond acceptors (Lipinski definition) is 9. The number of alkyl halides is 9. The maximum absolute atomic E-state index is 10.7. The molecule has 9 nitrogen and oxygen atoms in total. The van der Waals surface area contributed by atoms with Crippen LogP contribution in [0.4, 0.5) is 39.5 Å². The molecule has 0 saturated carbocycles. The van der Waals surface area contributed by atoms with Gasteiger partial charge in [0, 0.05) is 17.1 Å². The first-order valence-electron chi connectivity index (χ1n) is 3.81. The molecule has 0 aromatic heterocycles. The van der Waals surface area contributed by atoms with Gasteiger partial charge in [0.1, 0.15) is 0 Å². The van der Waals surface area contributed by atoms with Crippen LogP contribution in [0, 0.1) is 0 Å². The van der Waals surface area contributed by atoms with Crippen LogP contribution in [0.15, 0.2) is 0 Å². The Hall–Kier alpha value is -0.381. The van der Waals surface area contributed by atoms with Gasteiger partial charge < -0.3 is 13.7 Å². The van der Waals surface area contributed by atoms with E-state index in [1.165, 1.54) is 0 Å². The van der Waals surface area contributed by atoms with Crippen LogP contribution in [0.1, 0.15) is 0 Å². The summed E-state index contributed by atoms with van der Waals surface area (Å²) in [6.45, 7) is 0. The summed E-state index contributed by atoms with van der Waals surface area (Å²) in [7, 11) is -18.3. The molecular formula is C3CuF9O9S3-3. The predicted molar refractivity (Wildman–Crippen MR) is 47.3 cm³/mol. The third-order valence-corrected chi connectivity index (χ3v) is 2.55. The summed E-state index contributed by atoms with van der Waals surface area (Å²) in [5.41, 5.74) is -16.9. The second-order valence-electron chi connectivity index (χ2n) is 2.70. The summed E-state index contributed by atoms with van der Waals surface area (Å²) in [6, 6.07) is 0. The molecule has 0 aromatic rings. The van der Waals surface area contributed by atoms with Gasteiger partial charge in [-0.25, -0.2) is 25.3 Å². The predicted octanol–water partition coefficient (Wildman–Crippen LogP) is 0.152. The summed E-state index contributed by atoms with van der Waals surface area (Å²) in [6.07, 6.45) is 0. The molecule has 0 aliphatic rings. The summed E-state index contributed by atoms with van der Waals surface area (Å²) in [5, 5.41) is 0. The van der Waals surface area contributed by atoms with Gasteiger partial charge in [-0.15, -0.1) is 0 Å². The van der Waals surface area contributed by atoms with Crippen LogP contribution in [0.5, 0.6) is 0 Å². The Morgan fingerprint density at radius 3 is 0.480 bits per heavy atom. The van der Waals surface area contributed by atoms with Crippen molar-refractivity contribution in [3.8, 4) is 0 Å². The first-order chi connectivity index (χ1) is 9.75. The molecule has 161 valence electrons. The van der Waals surface area contributed by atoms with Crippen LogP contribution in [-0.2, 0) is 47.4 Å². The molecule has 0 aliphatic heterocycles. The van der Waals surface area contributed by atoms with E-state index in [4.69, 9.17) is 38.9 Å². The normalized spacial score (nSPS) is 13.4. The van der Waals surface area contributed by atoms with Gasteiger partial charge in [0.05, 0.1) is 0 Å². The molecule has 0 fully saturated rings. The van der Waals surface area contributed by atoms with Crippen molar-refractivity contribution in [2.24, 2.45) is 0 Å². The fourth-order valence-electron chi connectivity index (χ4n) is 0. The monoisotopic (exact) mass is 510 g/mol. The Kier molecular flexibility index (Phi) is 12.3. The summed E-state index contributed by atoms with van der Waals surface area (Å²) < 4.78 is 177. The minimum absolute atomic E-state index is 0. The molecule has 22 heteroatoms. The number of halogens is 9. The topological polar surface area (TPSA) is 172 Å². The molecule has 1 radical (unpaired) electrons. The molecular weight excluding hydrogens is 511 g/mol. The van der Waals surface area contributed by atoms with Crippen molar-refractivity contribution in [2.75, 3.05) is 0 Å². The van der Waals surface area contributed by atoms with E-state index in [0.29, 0.717) is 0 Å². The number of rotatable bonds is 0. The first-order valence-corrected chi connectivity index (χ1v) is 8.04. The largest absolute Gasteiger partial charge is 0.741 e. The average Bonchev–Trinajstić information content (AvgIpc) is 2.08. The van der Waals surface area contributed by atoms with Crippen molar-refractivity contribution < 1.29 is 95.5 Å². The fourth-order valence-corrected chi connectivity index (χ4v) is 0. The van der Waals surface area contributed by atoms with Crippen molar-refractivity contribution >= 4 is 30.4 Å². The minimum Gasteiger partial charge on any atom is -0.741 e. The quantitative estimate of drug-likeness (QED) is 0.190. The van der Waals surface area contributed by atoms with E-state index >= 15 is 0 Å². The van der Waals surface area contributed by atoms with E-state index in [0.717, 1.165) is 0 Å². The summed E-state index contributed by atoms with van der Waals surface area (Å²) >= 11 is 0. The molecule has 25 heavy (non-hydrogen) atoms. The average molecular weight is 511 g/mol. The van der Waals surface area contributed by atoms with E-state index in [1.807, 2.05) is 0 Å². The molecule has 0 aromatic carbocycles. The van der Waals surface area contributed by atoms with Gasteiger partial charge >= 0.3 is 16.5 Å². The molecule has 0 rings (SSSR count). The molecule has 0 saturated heterocycles. The second kappa shape index (κ2) is 9.52. The van der Waals surface area contributed by atoms with Crippen molar-refractivity contribution in [1.29, 1.82) is 0 Å². The maximum atomic E-state index is 10.7. The van der Waals surface area contributed by atoms with Crippen molar-refractivity contribution in [3.05, 3.63) is 0 Å². The Morgan fingerprint density at radius 1 is 0.440 bits per heavy atom. The first kappa shape index (κ1) is 32.3. The molecule has 0 amide bonds. The van der Waals surface area contributed by atoms with Crippen LogP contribution >= 0.6 is 0 Å². The minimum atomic E-state index is -6.09. The Morgan fingerprint density at radius 2 is 0.480 bits per heavy atom. The second-order valence-corrected chi connectivity index (χ2v) is 6.81. The van der Waals surface area contributed by atoms with Gasteiger partial charge in [-0.2, -0.15) is 39.5 Å². The van der Waals surface area contributed by atoms with E-state index < -0.39 is 46.9 Å². The molecule has 0 N–H and O–H groups in total. The Bertz CT molecular complexity index is 596. The van der Waals surface area contributed by atoms with Gasteiger partial charge in [-0.05, 0) is 0 Å². The van der Waals surface area contributed by atoms with Crippen molar-refractivity contribution in [3.63, 3.8) is 0 Å². The third-order valence-electron chi connectivity index (χ3n) is 0.850. The molecule has 0 aliphatic carbocycles. The van der Waals surface area contributed by atoms with E-state index in [1.54, 1.807) is 0 Å². The van der Waals surface area contributed by atoms with Gasteiger partial charge in [0.15, 0.2) is 30.4 Å². The SMILES string of the molecule is O=S(=O)([O-])C(F)(F)F.O=S(=O)([O-])C(F)(F)F.O=S(=O)([O-])C(F)(F)F.[Cu]. The van der Waals surface area contributed by atoms with Crippen LogP contribution in [0.25, 0.3) is 0 Å². The number of hydrogen-bond donors (Lipinski definition) is 0. The fraction of sp³-hybridized carbons (Fsp3) is 1.00. The van der Waals surface area contributed by atoms with Gasteiger partial charge in [0.2, 0.25) is 0 Å². The zero-order chi connectivity index (χ0) is 21.0. The molecule has 0 unspecified atom stereocenters. The summed E-state index contributed by atoms with van der Waals surface area (Å²) in [4.78, 5) is 0. The van der Waals surface area contributed by atoms with Gasteiger partial charge in [-0.1, -0.05) is 0 Å². The van der Waals surface area contributed by atoms with Crippen molar-refractivity contribution in [2.45, 2.75) is 16.5 Å². The Labute approximate surface area is 142 Å². The van der Waals surface area contributed by atoms with E-state index in [9.17, 15) is 39.5 Å². The molecule has 0 bridgehead atoms. The van der Waals surface area contributed by atoms with Crippen molar-refractivity contribution in [1.82, 2.24) is 0 Å². The van der Waals surface area contributed by atoms with Crippen LogP contribution in [0.3, 0.4) is 0 Å². The molecule has 0 atom stereocenters. The van der Waals surface area contributed by atoms with E-state index in [2.05, 4.69) is 0 Å². The smallest absolute Gasteiger partial charge is 0.485 e. The zero-order valence-electron chi connectivity index (χ0n) is 10.1. The van der Waals surface area contributed by atoms with Crippen LogP contribution in [-0.4, -0.2) is 55.4 Å². The third kappa shape index (κ3) is 15.6. The Balaban J connectivity index is -0.000000130. The van der Waals surface area contributed by atoms with Gasteiger partial charge in [0.25, 0.3) is 0 Å². The van der Waals surface area contributed by atoms with Gasteiger partial charge in [-0.3, -0.25) is 0 Å². The zero-order valence-corrected chi connectivity index (χ0v) is 13.5. The van der Waals surface area contributed by atoms with Crippen LogP contribution in [0.2, 0.25) is 0 Å². The molecule has 0 heterocycles. The summed E-state index contributed by atoms with van der Waals surface area (Å²) in [5.74, 6) is 0. The molecule has 0 spiro atoms.